The Morgan fingerprint density at radius 3 is 2.35 bits per heavy atom. The van der Waals surface area contributed by atoms with E-state index in [0.29, 0.717) is 12.6 Å². The third-order valence-corrected chi connectivity index (χ3v) is 6.20. The van der Waals surface area contributed by atoms with E-state index in [1.807, 2.05) is 4.90 Å². The van der Waals surface area contributed by atoms with Gasteiger partial charge in [-0.2, -0.15) is 0 Å². The second kappa shape index (κ2) is 6.44. The zero-order chi connectivity index (χ0) is 17.5. The SMILES string of the molecule is O=C(OCC1c2ccccc2-c2ccccc21)N1C2CCNCC1CC2. The van der Waals surface area contributed by atoms with E-state index in [0.717, 1.165) is 32.4 Å². The van der Waals surface area contributed by atoms with Crippen molar-refractivity contribution >= 4 is 6.09 Å². The van der Waals surface area contributed by atoms with Gasteiger partial charge in [-0.1, -0.05) is 48.5 Å². The summed E-state index contributed by atoms with van der Waals surface area (Å²) in [6, 6.07) is 17.6. The van der Waals surface area contributed by atoms with Crippen molar-refractivity contribution in [3.05, 3.63) is 59.7 Å². The summed E-state index contributed by atoms with van der Waals surface area (Å²) in [7, 11) is 0. The quantitative estimate of drug-likeness (QED) is 0.898. The minimum Gasteiger partial charge on any atom is -0.448 e. The van der Waals surface area contributed by atoms with E-state index in [2.05, 4.69) is 53.8 Å². The Balaban J connectivity index is 1.36. The molecule has 2 fully saturated rings. The monoisotopic (exact) mass is 348 g/mol. The molecule has 2 unspecified atom stereocenters. The standard InChI is InChI=1S/C22H24N2O2/c25-22(24-15-9-10-16(24)13-23-12-11-15)26-14-21-19-7-3-1-5-17(19)18-6-2-4-8-20(18)21/h1-8,15-16,21,23H,9-14H2. The van der Waals surface area contributed by atoms with Crippen LogP contribution in [0.5, 0.6) is 0 Å². The normalized spacial score (nSPS) is 24.1. The first-order chi connectivity index (χ1) is 12.8. The summed E-state index contributed by atoms with van der Waals surface area (Å²) in [5.74, 6) is 0.133. The lowest BCUT2D eigenvalue weighted by atomic mass is 9.98. The third-order valence-electron chi connectivity index (χ3n) is 6.20. The highest BCUT2D eigenvalue weighted by Gasteiger charge is 2.39. The van der Waals surface area contributed by atoms with Crippen molar-refractivity contribution < 1.29 is 9.53 Å². The number of amides is 1. The van der Waals surface area contributed by atoms with Crippen molar-refractivity contribution in [3.8, 4) is 11.1 Å². The fourth-order valence-electron chi connectivity index (χ4n) is 4.95. The lowest BCUT2D eigenvalue weighted by Crippen LogP contribution is -2.43. The number of ether oxygens (including phenoxy) is 1. The highest BCUT2D eigenvalue weighted by Crippen LogP contribution is 2.44. The highest BCUT2D eigenvalue weighted by atomic mass is 16.6. The summed E-state index contributed by atoms with van der Waals surface area (Å²) in [5.41, 5.74) is 5.07. The molecule has 26 heavy (non-hydrogen) atoms. The Bertz CT molecular complexity index is 775. The van der Waals surface area contributed by atoms with E-state index in [1.54, 1.807) is 0 Å². The molecule has 134 valence electrons. The Morgan fingerprint density at radius 1 is 0.962 bits per heavy atom. The van der Waals surface area contributed by atoms with E-state index >= 15 is 0 Å². The molecule has 2 aliphatic heterocycles. The van der Waals surface area contributed by atoms with Gasteiger partial charge in [0.1, 0.15) is 6.61 Å². The zero-order valence-electron chi connectivity index (χ0n) is 14.9. The Morgan fingerprint density at radius 2 is 1.62 bits per heavy atom. The molecule has 2 bridgehead atoms. The molecule has 5 rings (SSSR count). The molecule has 2 atom stereocenters. The van der Waals surface area contributed by atoms with Crippen LogP contribution in [0.2, 0.25) is 0 Å². The van der Waals surface area contributed by atoms with Gasteiger partial charge in [0.25, 0.3) is 0 Å². The lowest BCUT2D eigenvalue weighted by molar-refractivity contribution is 0.0843. The number of fused-ring (bicyclic) bond motifs is 5. The van der Waals surface area contributed by atoms with Gasteiger partial charge in [-0.3, -0.25) is 0 Å². The van der Waals surface area contributed by atoms with Gasteiger partial charge >= 0.3 is 6.09 Å². The number of hydrogen-bond acceptors (Lipinski definition) is 3. The second-order valence-corrected chi connectivity index (χ2v) is 7.59. The highest BCUT2D eigenvalue weighted by molar-refractivity contribution is 5.79. The molecular formula is C22H24N2O2. The fraction of sp³-hybridized carbons (Fsp3) is 0.409. The number of nitrogens with zero attached hydrogens (tertiary/aromatic N) is 1. The molecule has 3 aliphatic rings. The van der Waals surface area contributed by atoms with E-state index in [1.165, 1.54) is 22.3 Å². The van der Waals surface area contributed by atoms with Crippen LogP contribution in [0.1, 0.15) is 36.3 Å². The number of hydrogen-bond donors (Lipinski definition) is 1. The molecular weight excluding hydrogens is 324 g/mol. The van der Waals surface area contributed by atoms with Gasteiger partial charge in [-0.15, -0.1) is 0 Å². The minimum atomic E-state index is -0.136. The summed E-state index contributed by atoms with van der Waals surface area (Å²) in [6.07, 6.45) is 3.09. The summed E-state index contributed by atoms with van der Waals surface area (Å²) in [4.78, 5) is 14.9. The number of carbonyl (C=O) groups excluding carboxylic acids is 1. The molecule has 2 aromatic carbocycles. The van der Waals surface area contributed by atoms with Crippen LogP contribution in [0.3, 0.4) is 0 Å². The van der Waals surface area contributed by atoms with Crippen LogP contribution in [0.4, 0.5) is 4.79 Å². The van der Waals surface area contributed by atoms with Crippen molar-refractivity contribution in [1.29, 1.82) is 0 Å². The summed E-state index contributed by atoms with van der Waals surface area (Å²) < 4.78 is 5.87. The summed E-state index contributed by atoms with van der Waals surface area (Å²) >= 11 is 0. The predicted octanol–water partition coefficient (Wildman–Crippen LogP) is 3.76. The molecule has 0 radical (unpaired) electrons. The first-order valence-electron chi connectivity index (χ1n) is 9.67. The van der Waals surface area contributed by atoms with Gasteiger partial charge in [-0.25, -0.2) is 4.79 Å². The molecule has 2 heterocycles. The fourth-order valence-corrected chi connectivity index (χ4v) is 4.95. The molecule has 2 aromatic rings. The molecule has 1 aliphatic carbocycles. The van der Waals surface area contributed by atoms with Crippen LogP contribution in [0.25, 0.3) is 11.1 Å². The maximum atomic E-state index is 12.9. The third kappa shape index (κ3) is 2.52. The zero-order valence-corrected chi connectivity index (χ0v) is 14.9. The smallest absolute Gasteiger partial charge is 0.410 e. The van der Waals surface area contributed by atoms with Gasteiger partial charge in [0.2, 0.25) is 0 Å². The molecule has 4 nitrogen and oxygen atoms in total. The molecule has 2 saturated heterocycles. The summed E-state index contributed by atoms with van der Waals surface area (Å²) in [5, 5.41) is 3.44. The van der Waals surface area contributed by atoms with Crippen molar-refractivity contribution in [2.45, 2.75) is 37.3 Å². The second-order valence-electron chi connectivity index (χ2n) is 7.59. The van der Waals surface area contributed by atoms with Crippen LogP contribution >= 0.6 is 0 Å². The number of nitrogens with one attached hydrogen (secondary N) is 1. The van der Waals surface area contributed by atoms with Crippen LogP contribution in [0.15, 0.2) is 48.5 Å². The van der Waals surface area contributed by atoms with Gasteiger partial charge in [0, 0.05) is 24.5 Å². The topological polar surface area (TPSA) is 41.6 Å². The maximum absolute atomic E-state index is 12.9. The Kier molecular flexibility index (Phi) is 3.93. The van der Waals surface area contributed by atoms with Crippen LogP contribution < -0.4 is 5.32 Å². The van der Waals surface area contributed by atoms with Gasteiger partial charge in [0.15, 0.2) is 0 Å². The van der Waals surface area contributed by atoms with E-state index in [9.17, 15) is 4.79 Å². The number of benzene rings is 2. The van der Waals surface area contributed by atoms with Crippen LogP contribution in [-0.2, 0) is 4.74 Å². The average Bonchev–Trinajstić information content (AvgIpc) is 3.13. The van der Waals surface area contributed by atoms with E-state index in [4.69, 9.17) is 4.74 Å². The Labute approximate surface area is 154 Å². The first kappa shape index (κ1) is 15.9. The van der Waals surface area contributed by atoms with Crippen molar-refractivity contribution in [2.24, 2.45) is 0 Å². The van der Waals surface area contributed by atoms with Crippen molar-refractivity contribution in [2.75, 3.05) is 19.7 Å². The molecule has 1 N–H and O–H groups in total. The molecule has 4 heteroatoms. The van der Waals surface area contributed by atoms with Crippen LogP contribution in [0, 0.1) is 0 Å². The van der Waals surface area contributed by atoms with Gasteiger partial charge in [-0.05, 0) is 48.1 Å². The van der Waals surface area contributed by atoms with Crippen LogP contribution in [-0.4, -0.2) is 42.8 Å². The number of rotatable bonds is 2. The Hall–Kier alpha value is -2.33. The summed E-state index contributed by atoms with van der Waals surface area (Å²) in [6.45, 7) is 2.30. The minimum absolute atomic E-state index is 0.133. The predicted molar refractivity (Wildman–Crippen MR) is 101 cm³/mol. The lowest BCUT2D eigenvalue weighted by Gasteiger charge is -2.27. The van der Waals surface area contributed by atoms with E-state index in [-0.39, 0.29) is 18.1 Å². The molecule has 0 spiro atoms. The first-order valence-corrected chi connectivity index (χ1v) is 9.67. The van der Waals surface area contributed by atoms with E-state index < -0.39 is 0 Å². The van der Waals surface area contributed by atoms with Crippen molar-refractivity contribution in [1.82, 2.24) is 10.2 Å². The van der Waals surface area contributed by atoms with Gasteiger partial charge < -0.3 is 15.0 Å². The number of carbonyl (C=O) groups is 1. The average molecular weight is 348 g/mol. The molecule has 0 aromatic heterocycles. The van der Waals surface area contributed by atoms with Gasteiger partial charge in [0.05, 0.1) is 0 Å². The van der Waals surface area contributed by atoms with Crippen molar-refractivity contribution in [3.63, 3.8) is 0 Å². The molecule has 1 amide bonds. The maximum Gasteiger partial charge on any atom is 0.410 e. The molecule has 0 saturated carbocycles. The largest absolute Gasteiger partial charge is 0.448 e.